The summed E-state index contributed by atoms with van der Waals surface area (Å²) in [5.74, 6) is -0.274. The minimum atomic E-state index is -0.274. The molecule has 0 saturated carbocycles. The minimum Gasteiger partial charge on any atom is -0.298 e. The van der Waals surface area contributed by atoms with E-state index >= 15 is 0 Å². The molecule has 0 aliphatic heterocycles. The average molecular weight is 214 g/mol. The first-order valence-corrected chi connectivity index (χ1v) is 5.02. The number of rotatable bonds is 2. The number of carbonyl (C=O) groups is 1. The second-order valence-electron chi connectivity index (χ2n) is 3.72. The van der Waals surface area contributed by atoms with Gasteiger partial charge in [0, 0.05) is 5.56 Å². The summed E-state index contributed by atoms with van der Waals surface area (Å²) in [5.41, 5.74) is 3.39. The van der Waals surface area contributed by atoms with Crippen molar-refractivity contribution in [2.24, 2.45) is 0 Å². The Labute approximate surface area is 93.5 Å². The highest BCUT2D eigenvalue weighted by atomic mass is 19.1. The molecule has 0 aliphatic rings. The van der Waals surface area contributed by atoms with Crippen LogP contribution in [0.1, 0.15) is 15.9 Å². The number of aryl methyl sites for hydroxylation is 1. The van der Waals surface area contributed by atoms with Crippen LogP contribution in [0.4, 0.5) is 4.39 Å². The van der Waals surface area contributed by atoms with Gasteiger partial charge >= 0.3 is 0 Å². The van der Waals surface area contributed by atoms with Gasteiger partial charge in [-0.3, -0.25) is 4.79 Å². The lowest BCUT2D eigenvalue weighted by Gasteiger charge is -2.06. The molecule has 0 aromatic heterocycles. The summed E-state index contributed by atoms with van der Waals surface area (Å²) in [5, 5.41) is 0. The van der Waals surface area contributed by atoms with Gasteiger partial charge in [0.25, 0.3) is 0 Å². The first-order chi connectivity index (χ1) is 7.70. The Balaban J connectivity index is 2.57. The van der Waals surface area contributed by atoms with Crippen molar-refractivity contribution in [2.45, 2.75) is 6.92 Å². The van der Waals surface area contributed by atoms with Crippen molar-refractivity contribution in [3.05, 3.63) is 59.4 Å². The molecule has 2 aromatic carbocycles. The van der Waals surface area contributed by atoms with Gasteiger partial charge in [-0.25, -0.2) is 4.39 Å². The maximum atomic E-state index is 12.8. The number of aldehydes is 1. The van der Waals surface area contributed by atoms with E-state index in [1.165, 1.54) is 12.1 Å². The van der Waals surface area contributed by atoms with E-state index in [1.54, 1.807) is 18.2 Å². The van der Waals surface area contributed by atoms with Gasteiger partial charge in [0.15, 0.2) is 6.29 Å². The molecule has 2 rings (SSSR count). The van der Waals surface area contributed by atoms with Crippen molar-refractivity contribution in [1.82, 2.24) is 0 Å². The lowest BCUT2D eigenvalue weighted by Crippen LogP contribution is -1.88. The van der Waals surface area contributed by atoms with E-state index in [9.17, 15) is 9.18 Å². The Bertz CT molecular complexity index is 515. The number of hydrogen-bond donors (Lipinski definition) is 0. The highest BCUT2D eigenvalue weighted by Crippen LogP contribution is 2.24. The standard InChI is InChI=1S/C14H11FO/c1-10-2-3-12(9-16)14(8-10)11-4-6-13(15)7-5-11/h2-9H,1H3. The molecule has 80 valence electrons. The van der Waals surface area contributed by atoms with E-state index in [4.69, 9.17) is 0 Å². The van der Waals surface area contributed by atoms with Gasteiger partial charge in [-0.15, -0.1) is 0 Å². The molecule has 0 radical (unpaired) electrons. The molecule has 1 nitrogen and oxygen atoms in total. The van der Waals surface area contributed by atoms with Gasteiger partial charge in [0.05, 0.1) is 0 Å². The molecule has 16 heavy (non-hydrogen) atoms. The zero-order valence-corrected chi connectivity index (χ0v) is 8.91. The van der Waals surface area contributed by atoms with Gasteiger partial charge in [-0.2, -0.15) is 0 Å². The summed E-state index contributed by atoms with van der Waals surface area (Å²) in [7, 11) is 0. The third-order valence-corrected chi connectivity index (χ3v) is 2.49. The van der Waals surface area contributed by atoms with E-state index in [0.29, 0.717) is 5.56 Å². The maximum absolute atomic E-state index is 12.8. The van der Waals surface area contributed by atoms with E-state index < -0.39 is 0 Å². The van der Waals surface area contributed by atoms with Crippen LogP contribution in [0.25, 0.3) is 11.1 Å². The van der Waals surface area contributed by atoms with Gasteiger partial charge in [-0.05, 0) is 30.2 Å². The summed E-state index contributed by atoms with van der Waals surface area (Å²) >= 11 is 0. The Morgan fingerprint density at radius 3 is 2.38 bits per heavy atom. The summed E-state index contributed by atoms with van der Waals surface area (Å²) in [6.07, 6.45) is 0.818. The van der Waals surface area contributed by atoms with Crippen LogP contribution in [-0.4, -0.2) is 6.29 Å². The second-order valence-corrected chi connectivity index (χ2v) is 3.72. The summed E-state index contributed by atoms with van der Waals surface area (Å²) in [6.45, 7) is 1.96. The molecular weight excluding hydrogens is 203 g/mol. The predicted octanol–water partition coefficient (Wildman–Crippen LogP) is 3.61. The molecule has 0 bridgehead atoms. The van der Waals surface area contributed by atoms with Crippen molar-refractivity contribution < 1.29 is 9.18 Å². The molecule has 2 heteroatoms. The fourth-order valence-corrected chi connectivity index (χ4v) is 1.65. The molecule has 0 amide bonds. The summed E-state index contributed by atoms with van der Waals surface area (Å²) in [4.78, 5) is 10.9. The zero-order valence-electron chi connectivity index (χ0n) is 8.91. The Morgan fingerprint density at radius 1 is 1.06 bits per heavy atom. The fourth-order valence-electron chi connectivity index (χ4n) is 1.65. The van der Waals surface area contributed by atoms with Crippen molar-refractivity contribution in [1.29, 1.82) is 0 Å². The van der Waals surface area contributed by atoms with Crippen LogP contribution in [-0.2, 0) is 0 Å². The first-order valence-electron chi connectivity index (χ1n) is 5.02. The van der Waals surface area contributed by atoms with Crippen LogP contribution in [0.5, 0.6) is 0 Å². The number of benzene rings is 2. The minimum absolute atomic E-state index is 0.274. The highest BCUT2D eigenvalue weighted by molar-refractivity contribution is 5.87. The molecule has 0 N–H and O–H groups in total. The summed E-state index contributed by atoms with van der Waals surface area (Å²) < 4.78 is 12.8. The van der Waals surface area contributed by atoms with Crippen LogP contribution in [0.2, 0.25) is 0 Å². The van der Waals surface area contributed by atoms with Crippen molar-refractivity contribution in [3.8, 4) is 11.1 Å². The van der Waals surface area contributed by atoms with Gasteiger partial charge in [-0.1, -0.05) is 35.9 Å². The SMILES string of the molecule is Cc1ccc(C=O)c(-c2ccc(F)cc2)c1. The monoisotopic (exact) mass is 214 g/mol. The van der Waals surface area contributed by atoms with E-state index in [0.717, 1.165) is 23.0 Å². The molecule has 0 atom stereocenters. The maximum Gasteiger partial charge on any atom is 0.150 e. The van der Waals surface area contributed by atoms with Gasteiger partial charge in [0.1, 0.15) is 5.82 Å². The number of halogens is 1. The molecule has 0 unspecified atom stereocenters. The van der Waals surface area contributed by atoms with E-state index in [1.807, 2.05) is 19.1 Å². The molecule has 2 aromatic rings. The average Bonchev–Trinajstić information content (AvgIpc) is 2.30. The lowest BCUT2D eigenvalue weighted by atomic mass is 9.98. The van der Waals surface area contributed by atoms with E-state index in [-0.39, 0.29) is 5.82 Å². The molecule has 0 saturated heterocycles. The van der Waals surface area contributed by atoms with Crippen molar-refractivity contribution in [3.63, 3.8) is 0 Å². The van der Waals surface area contributed by atoms with Crippen LogP contribution in [0.3, 0.4) is 0 Å². The van der Waals surface area contributed by atoms with Crippen LogP contribution < -0.4 is 0 Å². The predicted molar refractivity (Wildman–Crippen MR) is 62.0 cm³/mol. The van der Waals surface area contributed by atoms with Crippen LogP contribution in [0, 0.1) is 12.7 Å². The third-order valence-electron chi connectivity index (χ3n) is 2.49. The highest BCUT2D eigenvalue weighted by Gasteiger charge is 2.04. The van der Waals surface area contributed by atoms with Crippen molar-refractivity contribution >= 4 is 6.29 Å². The third kappa shape index (κ3) is 2.01. The number of carbonyl (C=O) groups excluding carboxylic acids is 1. The Hall–Kier alpha value is -1.96. The van der Waals surface area contributed by atoms with E-state index in [2.05, 4.69) is 0 Å². The Morgan fingerprint density at radius 2 is 1.75 bits per heavy atom. The van der Waals surface area contributed by atoms with Crippen LogP contribution in [0.15, 0.2) is 42.5 Å². The largest absolute Gasteiger partial charge is 0.298 e. The van der Waals surface area contributed by atoms with Gasteiger partial charge in [0.2, 0.25) is 0 Å². The smallest absolute Gasteiger partial charge is 0.150 e. The molecular formula is C14H11FO. The quantitative estimate of drug-likeness (QED) is 0.698. The molecule has 0 spiro atoms. The number of hydrogen-bond acceptors (Lipinski definition) is 1. The Kier molecular flexibility index (Phi) is 2.82. The van der Waals surface area contributed by atoms with Crippen molar-refractivity contribution in [2.75, 3.05) is 0 Å². The van der Waals surface area contributed by atoms with Gasteiger partial charge < -0.3 is 0 Å². The normalized spacial score (nSPS) is 10.1. The van der Waals surface area contributed by atoms with Crippen LogP contribution >= 0.6 is 0 Å². The molecule has 0 heterocycles. The first kappa shape index (κ1) is 10.6. The second kappa shape index (κ2) is 4.27. The molecule has 0 aliphatic carbocycles. The lowest BCUT2D eigenvalue weighted by molar-refractivity contribution is 0.112. The fraction of sp³-hybridized carbons (Fsp3) is 0.0714. The topological polar surface area (TPSA) is 17.1 Å². The zero-order chi connectivity index (χ0) is 11.5. The molecule has 0 fully saturated rings. The summed E-state index contributed by atoms with van der Waals surface area (Å²) in [6, 6.07) is 11.7.